The molecule has 0 fully saturated rings. The summed E-state index contributed by atoms with van der Waals surface area (Å²) in [6.07, 6.45) is 32.3. The lowest BCUT2D eigenvalue weighted by Crippen LogP contribution is -2.30. The van der Waals surface area contributed by atoms with Crippen LogP contribution in [-0.4, -0.2) is 7.05 Å². The maximum absolute atomic E-state index is 3.52. The molecule has 1 aromatic rings. The summed E-state index contributed by atoms with van der Waals surface area (Å²) in [6.45, 7) is 11.2. The van der Waals surface area contributed by atoms with Crippen LogP contribution in [0.5, 0.6) is 0 Å². The van der Waals surface area contributed by atoms with E-state index < -0.39 is 0 Å². The van der Waals surface area contributed by atoms with E-state index in [-0.39, 0.29) is 5.41 Å². The van der Waals surface area contributed by atoms with Crippen LogP contribution in [0.2, 0.25) is 0 Å². The summed E-state index contributed by atoms with van der Waals surface area (Å²) in [5, 5.41) is 6.62. The first-order chi connectivity index (χ1) is 18.9. The second kappa shape index (κ2) is 15.4. The smallest absolute Gasteiger partial charge is 0.0165 e. The second-order valence-corrected chi connectivity index (χ2v) is 11.3. The third kappa shape index (κ3) is 8.88. The van der Waals surface area contributed by atoms with Crippen LogP contribution in [-0.2, 0) is 5.41 Å². The molecular weight excluding hydrogens is 472 g/mol. The Labute approximate surface area is 238 Å². The van der Waals surface area contributed by atoms with Crippen molar-refractivity contribution in [2.75, 3.05) is 7.05 Å². The van der Waals surface area contributed by atoms with Crippen LogP contribution in [0, 0.1) is 5.92 Å². The van der Waals surface area contributed by atoms with Gasteiger partial charge < -0.3 is 10.6 Å². The number of hydrogen-bond acceptors (Lipinski definition) is 2. The van der Waals surface area contributed by atoms with Crippen molar-refractivity contribution in [1.82, 2.24) is 10.6 Å². The summed E-state index contributed by atoms with van der Waals surface area (Å²) in [6, 6.07) is 9.30. The highest BCUT2D eigenvalue weighted by atomic mass is 14.8. The maximum atomic E-state index is 3.52. The number of allylic oxidation sites excluding steroid dienone is 13. The molecule has 0 radical (unpaired) electrons. The molecule has 2 aliphatic rings. The summed E-state index contributed by atoms with van der Waals surface area (Å²) < 4.78 is 0. The molecule has 39 heavy (non-hydrogen) atoms. The van der Waals surface area contributed by atoms with Gasteiger partial charge in [0.15, 0.2) is 0 Å². The zero-order valence-corrected chi connectivity index (χ0v) is 25.2. The lowest BCUT2D eigenvalue weighted by atomic mass is 9.66. The number of benzene rings is 1. The van der Waals surface area contributed by atoms with Gasteiger partial charge in [-0.1, -0.05) is 117 Å². The number of hydrogen-bond donors (Lipinski definition) is 2. The van der Waals surface area contributed by atoms with Crippen molar-refractivity contribution in [1.29, 1.82) is 0 Å². The minimum atomic E-state index is 0.116. The SMILES string of the molecule is CCCC(CCC)(C1=CC=C(N/C=C/C=C(C)\C=C/C2=CC(C)C2)CC1)c1ccc(/C=C\C(C)=C/NC)cc1. The fourth-order valence-electron chi connectivity index (χ4n) is 5.82. The number of nitrogens with one attached hydrogen (secondary N) is 2. The third-order valence-corrected chi connectivity index (χ3v) is 7.83. The number of rotatable bonds is 14. The minimum absolute atomic E-state index is 0.116. The second-order valence-electron chi connectivity index (χ2n) is 11.3. The third-order valence-electron chi connectivity index (χ3n) is 7.83. The van der Waals surface area contributed by atoms with E-state index in [4.69, 9.17) is 0 Å². The van der Waals surface area contributed by atoms with E-state index in [0.717, 1.165) is 18.8 Å². The summed E-state index contributed by atoms with van der Waals surface area (Å²) in [7, 11) is 1.94. The monoisotopic (exact) mass is 522 g/mol. The van der Waals surface area contributed by atoms with Gasteiger partial charge in [0.1, 0.15) is 0 Å². The van der Waals surface area contributed by atoms with E-state index in [1.54, 1.807) is 5.57 Å². The first-order valence-electron chi connectivity index (χ1n) is 14.9. The molecular formula is C37H50N2. The molecule has 0 saturated heterocycles. The maximum Gasteiger partial charge on any atom is 0.0165 e. The van der Waals surface area contributed by atoms with Crippen LogP contribution in [0.25, 0.3) is 6.08 Å². The van der Waals surface area contributed by atoms with E-state index in [1.165, 1.54) is 65.6 Å². The van der Waals surface area contributed by atoms with Gasteiger partial charge in [0.25, 0.3) is 0 Å². The van der Waals surface area contributed by atoms with Crippen LogP contribution in [0.15, 0.2) is 113 Å². The molecule has 1 unspecified atom stereocenters. The summed E-state index contributed by atoms with van der Waals surface area (Å²) in [4.78, 5) is 0. The van der Waals surface area contributed by atoms with Gasteiger partial charge in [-0.25, -0.2) is 0 Å². The van der Waals surface area contributed by atoms with E-state index >= 15 is 0 Å². The topological polar surface area (TPSA) is 24.1 Å². The molecule has 0 aliphatic heterocycles. The Morgan fingerprint density at radius 2 is 1.64 bits per heavy atom. The first kappa shape index (κ1) is 30.3. The quantitative estimate of drug-likeness (QED) is 0.238. The van der Waals surface area contributed by atoms with E-state index in [0.29, 0.717) is 0 Å². The highest BCUT2D eigenvalue weighted by Gasteiger charge is 2.34. The highest BCUT2D eigenvalue weighted by molar-refractivity contribution is 5.54. The minimum Gasteiger partial charge on any atom is -0.394 e. The van der Waals surface area contributed by atoms with Crippen molar-refractivity contribution in [2.24, 2.45) is 5.92 Å². The highest BCUT2D eigenvalue weighted by Crippen LogP contribution is 2.44. The predicted octanol–water partition coefficient (Wildman–Crippen LogP) is 9.84. The Morgan fingerprint density at radius 3 is 2.23 bits per heavy atom. The van der Waals surface area contributed by atoms with Crippen molar-refractivity contribution in [3.8, 4) is 0 Å². The van der Waals surface area contributed by atoms with E-state index in [2.05, 4.69) is 130 Å². The van der Waals surface area contributed by atoms with Crippen molar-refractivity contribution in [3.63, 3.8) is 0 Å². The van der Waals surface area contributed by atoms with Crippen molar-refractivity contribution < 1.29 is 0 Å². The van der Waals surface area contributed by atoms with Gasteiger partial charge in [-0.2, -0.15) is 0 Å². The van der Waals surface area contributed by atoms with E-state index in [9.17, 15) is 0 Å². The molecule has 0 saturated carbocycles. The van der Waals surface area contributed by atoms with Crippen LogP contribution in [0.4, 0.5) is 0 Å². The average molecular weight is 523 g/mol. The normalized spacial score (nSPS) is 18.8. The molecule has 0 bridgehead atoms. The summed E-state index contributed by atoms with van der Waals surface area (Å²) in [5.74, 6) is 0.744. The molecule has 0 spiro atoms. The van der Waals surface area contributed by atoms with Crippen molar-refractivity contribution >= 4 is 6.08 Å². The van der Waals surface area contributed by atoms with Gasteiger partial charge in [0.2, 0.25) is 0 Å². The zero-order valence-electron chi connectivity index (χ0n) is 25.2. The van der Waals surface area contributed by atoms with Gasteiger partial charge in [-0.15, -0.1) is 0 Å². The van der Waals surface area contributed by atoms with Crippen molar-refractivity contribution in [2.45, 2.75) is 85.0 Å². The van der Waals surface area contributed by atoms with Crippen LogP contribution in [0.3, 0.4) is 0 Å². The standard InChI is InChI=1S/C37H50N2/c1-7-23-37(24-8-2,34-17-15-32(16-18-34)13-12-30(4)28-38-6)35-19-21-36(22-20-35)39-25-9-10-29(3)11-14-33-26-31(5)27-33/h9-19,21,25-26,28,31,38-39H,7-8,20,22-24,27H2,1-6H3/b13-12-,14-11-,25-9+,29-10-,30-28-. The average Bonchev–Trinajstić information content (AvgIpc) is 2.92. The fourth-order valence-corrected chi connectivity index (χ4v) is 5.82. The van der Waals surface area contributed by atoms with Gasteiger partial charge in [-0.3, -0.25) is 0 Å². The predicted molar refractivity (Wildman–Crippen MR) is 172 cm³/mol. The molecule has 2 N–H and O–H groups in total. The van der Waals surface area contributed by atoms with Gasteiger partial charge in [-0.05, 0) is 86.9 Å². The summed E-state index contributed by atoms with van der Waals surface area (Å²) in [5.41, 5.74) is 9.63. The Balaban J connectivity index is 1.71. The van der Waals surface area contributed by atoms with Crippen LogP contribution in [0.1, 0.15) is 90.7 Å². The molecule has 2 aliphatic carbocycles. The van der Waals surface area contributed by atoms with Gasteiger partial charge in [0, 0.05) is 24.4 Å². The Morgan fingerprint density at radius 1 is 0.949 bits per heavy atom. The lowest BCUT2D eigenvalue weighted by Gasteiger charge is -2.38. The molecule has 1 aromatic carbocycles. The molecule has 0 amide bonds. The van der Waals surface area contributed by atoms with Crippen molar-refractivity contribution in [3.05, 3.63) is 124 Å². The summed E-state index contributed by atoms with van der Waals surface area (Å²) >= 11 is 0. The molecule has 2 nitrogen and oxygen atoms in total. The Hall–Kier alpha value is -3.26. The molecule has 2 heteroatoms. The zero-order chi connectivity index (χ0) is 28.1. The molecule has 3 rings (SSSR count). The molecule has 0 heterocycles. The molecule has 1 atom stereocenters. The Kier molecular flexibility index (Phi) is 11.9. The van der Waals surface area contributed by atoms with Crippen LogP contribution < -0.4 is 10.6 Å². The fraction of sp³-hybridized carbons (Fsp3) is 0.405. The molecule has 208 valence electrons. The Bertz CT molecular complexity index is 1170. The van der Waals surface area contributed by atoms with Gasteiger partial charge in [0.05, 0.1) is 0 Å². The van der Waals surface area contributed by atoms with Crippen LogP contribution >= 0.6 is 0 Å². The van der Waals surface area contributed by atoms with E-state index in [1.807, 2.05) is 13.2 Å². The van der Waals surface area contributed by atoms with Gasteiger partial charge >= 0.3 is 0 Å². The molecule has 0 aromatic heterocycles. The first-order valence-corrected chi connectivity index (χ1v) is 14.9. The largest absolute Gasteiger partial charge is 0.394 e. The lowest BCUT2D eigenvalue weighted by molar-refractivity contribution is 0.403.